The van der Waals surface area contributed by atoms with Crippen molar-refractivity contribution in [3.63, 3.8) is 0 Å². The monoisotopic (exact) mass is 461 g/mol. The first-order chi connectivity index (χ1) is 16.4. The van der Waals surface area contributed by atoms with Gasteiger partial charge in [0.2, 0.25) is 0 Å². The molecule has 10 nitrogen and oxygen atoms in total. The summed E-state index contributed by atoms with van der Waals surface area (Å²) in [6, 6.07) is 16.9. The molecule has 0 fully saturated rings. The number of rotatable bonds is 8. The minimum atomic E-state index is -0.624. The molecule has 0 aliphatic rings. The van der Waals surface area contributed by atoms with Gasteiger partial charge in [-0.1, -0.05) is 17.7 Å². The molecule has 0 bridgehead atoms. The van der Waals surface area contributed by atoms with E-state index in [1.165, 1.54) is 10.8 Å². The van der Waals surface area contributed by atoms with E-state index in [1.54, 1.807) is 24.8 Å². The summed E-state index contributed by atoms with van der Waals surface area (Å²) in [5.41, 5.74) is 3.57. The van der Waals surface area contributed by atoms with E-state index in [2.05, 4.69) is 10.1 Å². The number of carbonyl (C=O) groups is 1. The lowest BCUT2D eigenvalue weighted by Gasteiger charge is -2.08. The molecule has 4 rings (SSSR count). The Morgan fingerprint density at radius 3 is 2.44 bits per heavy atom. The molecule has 0 aliphatic heterocycles. The van der Waals surface area contributed by atoms with Crippen molar-refractivity contribution >= 4 is 11.8 Å². The smallest absolute Gasteiger partial charge is 0.359 e. The summed E-state index contributed by atoms with van der Waals surface area (Å²) < 4.78 is 13.7. The van der Waals surface area contributed by atoms with Crippen molar-refractivity contribution in [1.29, 1.82) is 0 Å². The average molecular weight is 461 g/mol. The topological polar surface area (TPSA) is 114 Å². The highest BCUT2D eigenvalue weighted by Crippen LogP contribution is 2.26. The van der Waals surface area contributed by atoms with Crippen LogP contribution in [-0.2, 0) is 11.3 Å². The Bertz CT molecular complexity index is 1320. The second-order valence-electron chi connectivity index (χ2n) is 7.60. The Morgan fingerprint density at radius 1 is 1.09 bits per heavy atom. The van der Waals surface area contributed by atoms with Gasteiger partial charge in [-0.25, -0.2) is 19.0 Å². The van der Waals surface area contributed by atoms with Gasteiger partial charge in [0.1, 0.15) is 25.1 Å². The average Bonchev–Trinajstić information content (AvgIpc) is 3.44. The van der Waals surface area contributed by atoms with E-state index in [-0.39, 0.29) is 24.7 Å². The van der Waals surface area contributed by atoms with Gasteiger partial charge in [0.15, 0.2) is 11.5 Å². The van der Waals surface area contributed by atoms with Gasteiger partial charge in [-0.3, -0.25) is 0 Å². The number of aryl methyl sites for hydroxylation is 2. The Balaban J connectivity index is 1.59. The molecule has 0 spiro atoms. The van der Waals surface area contributed by atoms with Crippen molar-refractivity contribution in [3.05, 3.63) is 88.0 Å². The number of nitro groups is 1. The zero-order valence-electron chi connectivity index (χ0n) is 19.0. The van der Waals surface area contributed by atoms with Crippen LogP contribution in [0.1, 0.15) is 21.9 Å². The lowest BCUT2D eigenvalue weighted by Crippen LogP contribution is -2.14. The van der Waals surface area contributed by atoms with Gasteiger partial charge >= 0.3 is 11.8 Å². The van der Waals surface area contributed by atoms with Crippen molar-refractivity contribution in [2.75, 3.05) is 13.7 Å². The molecule has 0 amide bonds. The van der Waals surface area contributed by atoms with Crippen LogP contribution in [0.2, 0.25) is 0 Å². The zero-order valence-corrected chi connectivity index (χ0v) is 19.0. The Labute approximate surface area is 195 Å². The van der Waals surface area contributed by atoms with Gasteiger partial charge in [-0.15, -0.1) is 0 Å². The van der Waals surface area contributed by atoms with Gasteiger partial charge in [-0.05, 0) is 54.3 Å². The van der Waals surface area contributed by atoms with E-state index < -0.39 is 10.9 Å². The minimum Gasteiger partial charge on any atom is -0.497 e. The highest BCUT2D eigenvalue weighted by atomic mass is 16.6. The molecule has 0 saturated heterocycles. The van der Waals surface area contributed by atoms with Crippen LogP contribution < -0.4 is 4.74 Å². The molecule has 174 valence electrons. The summed E-state index contributed by atoms with van der Waals surface area (Å²) in [5, 5.41) is 15.6. The first-order valence-corrected chi connectivity index (χ1v) is 10.5. The highest BCUT2D eigenvalue weighted by molar-refractivity contribution is 5.89. The van der Waals surface area contributed by atoms with Gasteiger partial charge in [0, 0.05) is 12.5 Å². The van der Waals surface area contributed by atoms with Crippen LogP contribution in [0.4, 0.5) is 5.82 Å². The van der Waals surface area contributed by atoms with E-state index in [9.17, 15) is 14.9 Å². The standard InChI is InChI=1S/C24H23N5O5/c1-16-4-8-19(9-5-16)28-22(18-6-10-20(33-3)11-7-18)14-21(26-28)24(30)34-13-12-27-17(2)25-15-23(27)29(31)32/h4-11,14-15H,12-13H2,1-3H3. The molecule has 0 atom stereocenters. The normalized spacial score (nSPS) is 10.8. The molecule has 2 aromatic carbocycles. The van der Waals surface area contributed by atoms with Crippen LogP contribution in [0.5, 0.6) is 5.75 Å². The molecule has 0 N–H and O–H groups in total. The van der Waals surface area contributed by atoms with E-state index in [1.807, 2.05) is 55.5 Å². The van der Waals surface area contributed by atoms with Gasteiger partial charge in [0.25, 0.3) is 0 Å². The zero-order chi connectivity index (χ0) is 24.2. The number of methoxy groups -OCH3 is 1. The molecule has 10 heteroatoms. The minimum absolute atomic E-state index is 0.0634. The third-order valence-electron chi connectivity index (χ3n) is 5.35. The number of hydrogen-bond donors (Lipinski definition) is 0. The van der Waals surface area contributed by atoms with Crippen molar-refractivity contribution < 1.29 is 19.2 Å². The number of nitrogens with zero attached hydrogens (tertiary/aromatic N) is 5. The van der Waals surface area contributed by atoms with Crippen LogP contribution in [-0.4, -0.2) is 43.9 Å². The van der Waals surface area contributed by atoms with Crippen molar-refractivity contribution in [2.45, 2.75) is 20.4 Å². The number of imidazole rings is 1. The fourth-order valence-electron chi connectivity index (χ4n) is 3.51. The van der Waals surface area contributed by atoms with Crippen LogP contribution in [0.25, 0.3) is 16.9 Å². The number of benzene rings is 2. The molecule has 0 saturated carbocycles. The molecule has 0 radical (unpaired) electrons. The summed E-state index contributed by atoms with van der Waals surface area (Å²) in [7, 11) is 1.60. The van der Waals surface area contributed by atoms with E-state index in [4.69, 9.17) is 9.47 Å². The quantitative estimate of drug-likeness (QED) is 0.220. The largest absolute Gasteiger partial charge is 0.497 e. The number of aromatic nitrogens is 4. The fraction of sp³-hybridized carbons (Fsp3) is 0.208. The second kappa shape index (κ2) is 9.57. The third kappa shape index (κ3) is 4.65. The molecule has 2 aromatic heterocycles. The number of carbonyl (C=O) groups excluding carboxylic acids is 1. The molecule has 34 heavy (non-hydrogen) atoms. The van der Waals surface area contributed by atoms with E-state index >= 15 is 0 Å². The molecule has 2 heterocycles. The van der Waals surface area contributed by atoms with Gasteiger partial charge in [0.05, 0.1) is 18.5 Å². The van der Waals surface area contributed by atoms with Crippen LogP contribution in [0.15, 0.2) is 60.8 Å². The maximum absolute atomic E-state index is 12.8. The van der Waals surface area contributed by atoms with E-state index in [0.717, 1.165) is 16.8 Å². The van der Waals surface area contributed by atoms with Crippen LogP contribution in [0, 0.1) is 24.0 Å². The summed E-state index contributed by atoms with van der Waals surface area (Å²) >= 11 is 0. The van der Waals surface area contributed by atoms with E-state index in [0.29, 0.717) is 17.3 Å². The summed E-state index contributed by atoms with van der Waals surface area (Å²) in [6.45, 7) is 3.69. The molecule has 0 aliphatic carbocycles. The van der Waals surface area contributed by atoms with Crippen LogP contribution >= 0.6 is 0 Å². The lowest BCUT2D eigenvalue weighted by molar-refractivity contribution is -0.392. The van der Waals surface area contributed by atoms with Crippen molar-refractivity contribution in [3.8, 4) is 22.7 Å². The lowest BCUT2D eigenvalue weighted by atomic mass is 10.1. The fourth-order valence-corrected chi connectivity index (χ4v) is 3.51. The third-order valence-corrected chi connectivity index (χ3v) is 5.35. The molecule has 0 unspecified atom stereocenters. The van der Waals surface area contributed by atoms with Gasteiger partial charge < -0.3 is 19.6 Å². The summed E-state index contributed by atoms with van der Waals surface area (Å²) in [5.74, 6) is 0.405. The Morgan fingerprint density at radius 2 is 1.79 bits per heavy atom. The SMILES string of the molecule is COc1ccc(-c2cc(C(=O)OCCn3c([N+](=O)[O-])cnc3C)nn2-c2ccc(C)cc2)cc1. The molecular weight excluding hydrogens is 438 g/mol. The molecular formula is C24H23N5O5. The maximum Gasteiger partial charge on any atom is 0.359 e. The van der Waals surface area contributed by atoms with Crippen LogP contribution in [0.3, 0.4) is 0 Å². The van der Waals surface area contributed by atoms with Gasteiger partial charge in [-0.2, -0.15) is 5.10 Å². The molecule has 4 aromatic rings. The first kappa shape index (κ1) is 22.7. The summed E-state index contributed by atoms with van der Waals surface area (Å²) in [4.78, 5) is 27.4. The Kier molecular flexibility index (Phi) is 6.39. The highest BCUT2D eigenvalue weighted by Gasteiger charge is 2.20. The van der Waals surface area contributed by atoms with Crippen molar-refractivity contribution in [2.24, 2.45) is 0 Å². The van der Waals surface area contributed by atoms with Crippen molar-refractivity contribution in [1.82, 2.24) is 19.3 Å². The predicted octanol–water partition coefficient (Wildman–Crippen LogP) is 4.13. The number of esters is 1. The first-order valence-electron chi connectivity index (χ1n) is 10.5. The number of ether oxygens (including phenoxy) is 2. The summed E-state index contributed by atoms with van der Waals surface area (Å²) in [6.07, 6.45) is 1.18. The second-order valence-corrected chi connectivity index (χ2v) is 7.60. The number of hydrogen-bond acceptors (Lipinski definition) is 7. The predicted molar refractivity (Wildman–Crippen MR) is 124 cm³/mol. The Hall–Kier alpha value is -4.47. The maximum atomic E-state index is 12.8.